The maximum Gasteiger partial charge on any atom is 0.320 e. The topological polar surface area (TPSA) is 168 Å². The van der Waals surface area contributed by atoms with Crippen molar-refractivity contribution >= 4 is 28.8 Å². The molecule has 244 valence electrons. The van der Waals surface area contributed by atoms with E-state index in [1.807, 2.05) is 49.9 Å². The number of benzene rings is 1. The van der Waals surface area contributed by atoms with E-state index in [0.29, 0.717) is 55.7 Å². The molecule has 45 heavy (non-hydrogen) atoms. The van der Waals surface area contributed by atoms with E-state index in [4.69, 9.17) is 25.1 Å². The van der Waals surface area contributed by atoms with Gasteiger partial charge in [0.25, 0.3) is 0 Å². The number of ether oxygens (including phenoxy) is 1. The van der Waals surface area contributed by atoms with E-state index in [-0.39, 0.29) is 35.0 Å². The number of amides is 2. The summed E-state index contributed by atoms with van der Waals surface area (Å²) in [4.78, 5) is 14.9. The molecule has 0 radical (unpaired) electrons. The van der Waals surface area contributed by atoms with Gasteiger partial charge in [0.15, 0.2) is 11.1 Å². The average molecular weight is 639 g/mol. The monoisotopic (exact) mass is 638 g/mol. The van der Waals surface area contributed by atoms with Gasteiger partial charge in [-0.15, -0.1) is 0 Å². The molecule has 6 N–H and O–H groups in total. The molecule has 4 rings (SSSR count). The minimum Gasteiger partial charge on any atom is -0.484 e. The first-order valence-electron chi connectivity index (χ1n) is 15.2. The summed E-state index contributed by atoms with van der Waals surface area (Å²) in [5.74, 6) is 1.52. The minimum absolute atomic E-state index is 0.186. The number of hydrogen-bond donors (Lipinski definition) is 6. The molecule has 1 aliphatic heterocycles. The number of rotatable bonds is 9. The summed E-state index contributed by atoms with van der Waals surface area (Å²) in [5, 5.41) is 34.4. The highest BCUT2D eigenvalue weighted by atomic mass is 32.2. The second-order valence-corrected chi connectivity index (χ2v) is 13.5. The predicted molar refractivity (Wildman–Crippen MR) is 176 cm³/mol. The standard InChI is InChI=1S/C32H46N8O4S/c1-32(2,3)27(33)18-29(36-4)38-31(41)37-25-11-12-26(24-9-7-6-8-23(24)25)44-22-10-13-28(34)40(19-22)30(35)39-16-14-21(15-17-39)20-43-45(5)42/h6-10,13,18-19,21,25-26,33-36H,11-12,14-17,20H2,1-5H3,(H2,37,38,41)/b29-18+,33-27?,34-28?,35-30?. The molecule has 1 fully saturated rings. The van der Waals surface area contributed by atoms with Crippen LogP contribution in [0.25, 0.3) is 0 Å². The van der Waals surface area contributed by atoms with Gasteiger partial charge in [0.1, 0.15) is 23.2 Å². The van der Waals surface area contributed by atoms with Crippen LogP contribution in [0.2, 0.25) is 0 Å². The average Bonchev–Trinajstić information content (AvgIpc) is 3.01. The van der Waals surface area contributed by atoms with E-state index < -0.39 is 11.1 Å². The van der Waals surface area contributed by atoms with Crippen LogP contribution < -0.4 is 26.2 Å². The molecule has 1 aliphatic carbocycles. The Balaban J connectivity index is 1.42. The Kier molecular flexibility index (Phi) is 11.2. The highest BCUT2D eigenvalue weighted by molar-refractivity contribution is 7.79. The zero-order valence-electron chi connectivity index (χ0n) is 26.7. The van der Waals surface area contributed by atoms with Crippen LogP contribution in [-0.2, 0) is 15.3 Å². The van der Waals surface area contributed by atoms with Crippen LogP contribution in [0.3, 0.4) is 0 Å². The van der Waals surface area contributed by atoms with Crippen molar-refractivity contribution in [3.63, 3.8) is 0 Å². The first kappa shape index (κ1) is 33.9. The highest BCUT2D eigenvalue weighted by Crippen LogP contribution is 2.38. The van der Waals surface area contributed by atoms with Gasteiger partial charge >= 0.3 is 6.03 Å². The fourth-order valence-electron chi connectivity index (χ4n) is 5.42. The van der Waals surface area contributed by atoms with E-state index in [0.717, 1.165) is 24.0 Å². The Bertz CT molecular complexity index is 1510. The number of pyridine rings is 1. The number of allylic oxidation sites excluding steroid dienone is 1. The maximum atomic E-state index is 13.0. The zero-order valence-corrected chi connectivity index (χ0v) is 27.6. The molecule has 2 aromatic rings. The van der Waals surface area contributed by atoms with Crippen molar-refractivity contribution in [3.8, 4) is 5.75 Å². The third kappa shape index (κ3) is 9.04. The molecule has 3 unspecified atom stereocenters. The summed E-state index contributed by atoms with van der Waals surface area (Å²) in [5.41, 5.74) is 2.18. The molecule has 13 heteroatoms. The first-order valence-corrected chi connectivity index (χ1v) is 16.7. The number of urea groups is 1. The SMILES string of the molecule is CN/C(=C\C(=N)C(C)(C)C)NC(=O)NC1CCC(Oc2ccc(=N)n(C(=N)N3CCC(COS(C)=O)CC3)c2)c2ccccc21. The number of nitrogens with zero attached hydrogens (tertiary/aromatic N) is 2. The largest absolute Gasteiger partial charge is 0.484 e. The number of hydrogen-bond acceptors (Lipinski definition) is 8. The summed E-state index contributed by atoms with van der Waals surface area (Å²) >= 11 is -1.28. The van der Waals surface area contributed by atoms with Crippen molar-refractivity contribution < 1.29 is 17.9 Å². The Morgan fingerprint density at radius 2 is 1.76 bits per heavy atom. The number of nitrogens with one attached hydrogen (secondary N) is 6. The van der Waals surface area contributed by atoms with Crippen LogP contribution in [0.15, 0.2) is 54.5 Å². The molecule has 1 aromatic heterocycles. The van der Waals surface area contributed by atoms with Crippen LogP contribution in [0.4, 0.5) is 4.79 Å². The molecule has 1 saturated heterocycles. The van der Waals surface area contributed by atoms with Gasteiger partial charge in [-0.1, -0.05) is 45.0 Å². The van der Waals surface area contributed by atoms with E-state index in [9.17, 15) is 9.00 Å². The molecule has 0 saturated carbocycles. The number of likely N-dealkylation sites (tertiary alicyclic amines) is 1. The summed E-state index contributed by atoms with van der Waals surface area (Å²) in [6.07, 6.45) is 7.54. The van der Waals surface area contributed by atoms with Gasteiger partial charge in [0.2, 0.25) is 5.96 Å². The van der Waals surface area contributed by atoms with Gasteiger partial charge in [-0.3, -0.25) is 24.9 Å². The summed E-state index contributed by atoms with van der Waals surface area (Å²) < 4.78 is 24.5. The number of carbonyl (C=O) groups is 1. The van der Waals surface area contributed by atoms with E-state index in [1.54, 1.807) is 31.5 Å². The molecule has 0 spiro atoms. The lowest BCUT2D eigenvalue weighted by molar-refractivity contribution is 0.170. The number of carbonyl (C=O) groups excluding carboxylic acids is 1. The Morgan fingerprint density at radius 1 is 1.07 bits per heavy atom. The quantitative estimate of drug-likeness (QED) is 0.178. The lowest BCUT2D eigenvalue weighted by Crippen LogP contribution is -2.45. The molecule has 12 nitrogen and oxygen atoms in total. The highest BCUT2D eigenvalue weighted by Gasteiger charge is 2.30. The number of piperidine rings is 1. The zero-order chi connectivity index (χ0) is 32.7. The molecular weight excluding hydrogens is 592 g/mol. The van der Waals surface area contributed by atoms with Crippen molar-refractivity contribution in [3.05, 3.63) is 71.1 Å². The molecule has 1 aromatic carbocycles. The van der Waals surface area contributed by atoms with Crippen LogP contribution in [0.1, 0.15) is 69.7 Å². The minimum atomic E-state index is -1.28. The van der Waals surface area contributed by atoms with Crippen LogP contribution >= 0.6 is 0 Å². The van der Waals surface area contributed by atoms with Crippen LogP contribution in [0.5, 0.6) is 5.75 Å². The normalized spacial score (nSPS) is 19.7. The fourth-order valence-corrected chi connectivity index (χ4v) is 5.80. The molecular formula is C32H46N8O4S. The Hall–Kier alpha value is -3.97. The molecule has 3 atom stereocenters. The number of fused-ring (bicyclic) bond motifs is 1. The first-order chi connectivity index (χ1) is 21.3. The lowest BCUT2D eigenvalue weighted by atomic mass is 9.85. The fraction of sp³-hybridized carbons (Fsp3) is 0.500. The van der Waals surface area contributed by atoms with Crippen LogP contribution in [-0.4, -0.2) is 64.4 Å². The van der Waals surface area contributed by atoms with Gasteiger partial charge < -0.3 is 25.7 Å². The molecule has 2 heterocycles. The van der Waals surface area contributed by atoms with Gasteiger partial charge in [0.05, 0.1) is 18.8 Å². The van der Waals surface area contributed by atoms with Gasteiger partial charge in [-0.25, -0.2) is 9.00 Å². The van der Waals surface area contributed by atoms with Gasteiger partial charge in [-0.2, -0.15) is 0 Å². The van der Waals surface area contributed by atoms with Crippen LogP contribution in [0, 0.1) is 27.6 Å². The van der Waals surface area contributed by atoms with E-state index in [1.165, 1.54) is 10.8 Å². The molecule has 2 amide bonds. The predicted octanol–water partition coefficient (Wildman–Crippen LogP) is 4.15. The smallest absolute Gasteiger partial charge is 0.320 e. The molecule has 2 aliphatic rings. The summed E-state index contributed by atoms with van der Waals surface area (Å²) in [6, 6.07) is 10.7. The van der Waals surface area contributed by atoms with Crippen molar-refractivity contribution in [1.82, 2.24) is 25.4 Å². The second kappa shape index (κ2) is 14.9. The Labute approximate surface area is 267 Å². The summed E-state index contributed by atoms with van der Waals surface area (Å²) in [7, 11) is 1.70. The lowest BCUT2D eigenvalue weighted by Gasteiger charge is -2.34. The van der Waals surface area contributed by atoms with Crippen molar-refractivity contribution in [2.45, 2.75) is 58.6 Å². The summed E-state index contributed by atoms with van der Waals surface area (Å²) in [6.45, 7) is 7.60. The number of aromatic nitrogens is 1. The third-order valence-electron chi connectivity index (χ3n) is 8.17. The maximum absolute atomic E-state index is 13.0. The van der Waals surface area contributed by atoms with E-state index in [2.05, 4.69) is 16.0 Å². The van der Waals surface area contributed by atoms with Crippen molar-refractivity contribution in [2.75, 3.05) is 33.0 Å². The molecule has 0 bridgehead atoms. The Morgan fingerprint density at radius 3 is 2.40 bits per heavy atom. The van der Waals surface area contributed by atoms with E-state index >= 15 is 0 Å². The third-order valence-corrected chi connectivity index (χ3v) is 8.64. The van der Waals surface area contributed by atoms with Gasteiger partial charge in [0, 0.05) is 37.5 Å². The van der Waals surface area contributed by atoms with Crippen molar-refractivity contribution in [2.24, 2.45) is 11.3 Å². The van der Waals surface area contributed by atoms with Gasteiger partial charge in [-0.05, 0) is 60.9 Å². The van der Waals surface area contributed by atoms with Crippen molar-refractivity contribution in [1.29, 1.82) is 16.2 Å². The second-order valence-electron chi connectivity index (χ2n) is 12.5.